The number of aliphatic hydroxyl groups excluding tert-OH is 1. The monoisotopic (exact) mass is 1120 g/mol. The van der Waals surface area contributed by atoms with Crippen molar-refractivity contribution in [1.29, 1.82) is 0 Å². The van der Waals surface area contributed by atoms with Gasteiger partial charge in [-0.2, -0.15) is 0 Å². The van der Waals surface area contributed by atoms with Crippen molar-refractivity contribution in [3.63, 3.8) is 0 Å². The van der Waals surface area contributed by atoms with Crippen molar-refractivity contribution in [3.05, 3.63) is 0 Å². The van der Waals surface area contributed by atoms with Crippen molar-refractivity contribution in [1.82, 2.24) is 15.1 Å². The average Bonchev–Trinajstić information content (AvgIpc) is 4.08. The molecule has 1 saturated heterocycles. The Hall–Kier alpha value is -1.83. The fourth-order valence-electron chi connectivity index (χ4n) is 17.5. The number of carbonyl (C=O) groups excluding carboxylic acids is 3. The van der Waals surface area contributed by atoms with Crippen LogP contribution >= 0.6 is 0 Å². The molecule has 3 amide bonds. The highest BCUT2D eigenvalue weighted by Gasteiger charge is 2.61. The predicted octanol–water partition coefficient (Wildman–Crippen LogP) is 20.1. The Morgan fingerprint density at radius 3 is 1.54 bits per heavy atom. The van der Waals surface area contributed by atoms with Crippen LogP contribution in [0.4, 0.5) is 4.79 Å². The van der Waals surface area contributed by atoms with Crippen LogP contribution in [0.15, 0.2) is 0 Å². The summed E-state index contributed by atoms with van der Waals surface area (Å²) in [6.07, 6.45) is 60.3. The third kappa shape index (κ3) is 23.9. The molecule has 0 spiro atoms. The smallest absolute Gasteiger partial charge is 0.407 e. The van der Waals surface area contributed by atoms with Crippen LogP contribution < -0.4 is 5.32 Å². The van der Waals surface area contributed by atoms with Crippen LogP contribution in [-0.4, -0.2) is 77.2 Å². The van der Waals surface area contributed by atoms with E-state index in [1.165, 1.54) is 244 Å². The quantitative estimate of drug-likeness (QED) is 0.0592. The van der Waals surface area contributed by atoms with E-state index in [4.69, 9.17) is 4.74 Å². The Morgan fingerprint density at radius 1 is 0.562 bits per heavy atom. The normalized spacial score (nSPS) is 27.6. The van der Waals surface area contributed by atoms with Gasteiger partial charge in [0.2, 0.25) is 11.8 Å². The molecule has 466 valence electrons. The minimum Gasteiger partial charge on any atom is -0.446 e. The molecular formula is C72H133N3O5. The number of amides is 3. The summed E-state index contributed by atoms with van der Waals surface area (Å²) in [7, 11) is 0. The van der Waals surface area contributed by atoms with Gasteiger partial charge in [-0.15, -0.1) is 0 Å². The van der Waals surface area contributed by atoms with Crippen LogP contribution in [0, 0.1) is 46.3 Å². The lowest BCUT2D eigenvalue weighted by Gasteiger charge is -2.61. The first kappa shape index (κ1) is 68.9. The van der Waals surface area contributed by atoms with Crippen LogP contribution in [0.1, 0.15) is 350 Å². The zero-order valence-corrected chi connectivity index (χ0v) is 53.9. The van der Waals surface area contributed by atoms with Crippen molar-refractivity contribution in [2.75, 3.05) is 26.2 Å². The van der Waals surface area contributed by atoms with Gasteiger partial charge in [0.1, 0.15) is 6.10 Å². The first-order chi connectivity index (χ1) is 38.9. The number of rotatable bonds is 45. The maximum absolute atomic E-state index is 14.3. The van der Waals surface area contributed by atoms with Crippen molar-refractivity contribution in [3.8, 4) is 0 Å². The number of hydrogen-bond donors (Lipinski definition) is 2. The first-order valence-corrected chi connectivity index (χ1v) is 36.1. The minimum absolute atomic E-state index is 0.00657. The zero-order valence-electron chi connectivity index (χ0n) is 53.9. The van der Waals surface area contributed by atoms with E-state index >= 15 is 0 Å². The molecule has 3 unspecified atom stereocenters. The van der Waals surface area contributed by atoms with Gasteiger partial charge in [-0.25, -0.2) is 4.79 Å². The number of fused-ring (bicyclic) bond motifs is 5. The van der Waals surface area contributed by atoms with E-state index in [9.17, 15) is 19.5 Å². The minimum atomic E-state index is -0.394. The second-order valence-corrected chi connectivity index (χ2v) is 28.7. The summed E-state index contributed by atoms with van der Waals surface area (Å²) < 4.78 is 6.10. The van der Waals surface area contributed by atoms with E-state index in [0.717, 1.165) is 88.1 Å². The van der Waals surface area contributed by atoms with E-state index in [1.54, 1.807) is 0 Å². The number of alkyl carbamates (subject to hydrolysis) is 1. The highest BCUT2D eigenvalue weighted by molar-refractivity contribution is 5.77. The molecule has 0 aromatic heterocycles. The van der Waals surface area contributed by atoms with Gasteiger partial charge < -0.3 is 25.0 Å². The van der Waals surface area contributed by atoms with Crippen molar-refractivity contribution in [2.24, 2.45) is 46.3 Å². The van der Waals surface area contributed by atoms with Gasteiger partial charge in [0.25, 0.3) is 0 Å². The molecule has 0 radical (unpaired) electrons. The Morgan fingerprint density at radius 2 is 1.04 bits per heavy atom. The van der Waals surface area contributed by atoms with Crippen molar-refractivity contribution in [2.45, 2.75) is 368 Å². The van der Waals surface area contributed by atoms with Crippen LogP contribution in [0.25, 0.3) is 0 Å². The van der Waals surface area contributed by atoms with E-state index in [0.29, 0.717) is 54.5 Å². The number of likely N-dealkylation sites (tertiary alicyclic amines) is 1. The van der Waals surface area contributed by atoms with Gasteiger partial charge in [0.15, 0.2) is 0 Å². The Labute approximate surface area is 495 Å². The summed E-state index contributed by atoms with van der Waals surface area (Å²) >= 11 is 0. The molecule has 11 atom stereocenters. The molecule has 5 aliphatic rings. The summed E-state index contributed by atoms with van der Waals surface area (Å²) in [6.45, 7) is 17.4. The van der Waals surface area contributed by atoms with Gasteiger partial charge >= 0.3 is 6.09 Å². The van der Waals surface area contributed by atoms with Crippen LogP contribution in [0.5, 0.6) is 0 Å². The zero-order chi connectivity index (χ0) is 57.3. The maximum atomic E-state index is 14.3. The Kier molecular flexibility index (Phi) is 34.2. The topological polar surface area (TPSA) is 99.2 Å². The molecule has 8 heteroatoms. The Balaban J connectivity index is 0.984. The molecule has 5 rings (SSSR count). The lowest BCUT2D eigenvalue weighted by Crippen LogP contribution is -2.54. The first-order valence-electron chi connectivity index (χ1n) is 36.1. The summed E-state index contributed by atoms with van der Waals surface area (Å²) in [5, 5.41) is 12.9. The number of nitrogens with zero attached hydrogens (tertiary/aromatic N) is 2. The predicted molar refractivity (Wildman–Crippen MR) is 338 cm³/mol. The molecule has 8 nitrogen and oxygen atoms in total. The largest absolute Gasteiger partial charge is 0.446 e. The van der Waals surface area contributed by atoms with Gasteiger partial charge in [-0.1, -0.05) is 234 Å². The second kappa shape index (κ2) is 39.7. The molecule has 2 N–H and O–H groups in total. The third-order valence-corrected chi connectivity index (χ3v) is 22.6. The second-order valence-electron chi connectivity index (χ2n) is 28.7. The van der Waals surface area contributed by atoms with E-state index < -0.39 is 6.10 Å². The molecule has 1 aliphatic heterocycles. The van der Waals surface area contributed by atoms with E-state index in [2.05, 4.69) is 44.8 Å². The SMILES string of the molecule is CCCCCCCCCCCCCCCCCCN(CCCCCCCCCCCCCCCCCC)C(=O)CC[C@@H](C)[C@H]1CCC2C3CC[C@@H]4C[C@H](OC(=O)NCCCCCC(=O)N5C[C@H](O)C[C@H]5C)CC[C@]4(C)C3CC[C@@]21C. The van der Waals surface area contributed by atoms with Gasteiger partial charge in [0.05, 0.1) is 6.10 Å². The van der Waals surface area contributed by atoms with E-state index in [1.807, 2.05) is 11.8 Å². The summed E-state index contributed by atoms with van der Waals surface area (Å²) in [4.78, 5) is 44.0. The lowest BCUT2D eigenvalue weighted by molar-refractivity contribution is -0.133. The molecular weight excluding hydrogens is 987 g/mol. The lowest BCUT2D eigenvalue weighted by atomic mass is 9.44. The summed E-state index contributed by atoms with van der Waals surface area (Å²) in [5.41, 5.74) is 0.721. The highest BCUT2D eigenvalue weighted by atomic mass is 16.6. The third-order valence-electron chi connectivity index (χ3n) is 22.6. The van der Waals surface area contributed by atoms with Gasteiger partial charge in [0, 0.05) is 45.1 Å². The maximum Gasteiger partial charge on any atom is 0.407 e. The fourth-order valence-corrected chi connectivity index (χ4v) is 17.5. The number of aliphatic hydroxyl groups is 1. The molecule has 4 saturated carbocycles. The Bertz CT molecular complexity index is 1600. The number of β-amino-alcohol motifs (C(OH)–C–C–N with tert-alkyl or cyclic N) is 1. The number of carbonyl (C=O) groups is 3. The molecule has 5 fully saturated rings. The van der Waals surface area contributed by atoms with Crippen molar-refractivity contribution >= 4 is 17.9 Å². The molecule has 4 aliphatic carbocycles. The number of unbranched alkanes of at least 4 members (excludes halogenated alkanes) is 32. The van der Waals surface area contributed by atoms with Gasteiger partial charge in [-0.3, -0.25) is 9.59 Å². The van der Waals surface area contributed by atoms with Gasteiger partial charge in [-0.05, 0) is 150 Å². The number of ether oxygens (including phenoxy) is 1. The summed E-state index contributed by atoms with van der Waals surface area (Å²) in [5.74, 6) is 4.91. The number of nitrogens with one attached hydrogen (secondary N) is 1. The van der Waals surface area contributed by atoms with Crippen LogP contribution in [0.2, 0.25) is 0 Å². The standard InChI is InChI=1S/C72H133N3O5/c1-7-9-11-13-15-17-19-21-23-25-27-29-31-33-35-40-54-74(55-41-36-34-32-30-28-26-24-22-20-18-16-14-12-10-8-2)68(77)48-43-59(3)65-46-47-66-64-45-44-61-57-63(49-51-71(61,5)67(64)50-52-72(65,66)6)80-70(79)73-53-39-37-38-42-69(78)75-58-62(76)56-60(75)4/h59-67,76H,7-58H2,1-6H3,(H,73,79)/t59-,60-,61-,62-,63-,64?,65-,66?,67?,71+,72-/m1/s1. The highest BCUT2D eigenvalue weighted by Crippen LogP contribution is 2.68. The van der Waals surface area contributed by atoms with Crippen LogP contribution in [0.3, 0.4) is 0 Å². The van der Waals surface area contributed by atoms with E-state index in [-0.39, 0.29) is 24.1 Å². The average molecular weight is 1120 g/mol. The molecule has 0 aromatic carbocycles. The molecule has 80 heavy (non-hydrogen) atoms. The van der Waals surface area contributed by atoms with Crippen molar-refractivity contribution < 1.29 is 24.2 Å². The molecule has 0 aromatic rings. The summed E-state index contributed by atoms with van der Waals surface area (Å²) in [6, 6.07) is 0.118. The number of hydrogen-bond acceptors (Lipinski definition) is 5. The molecule has 0 bridgehead atoms. The van der Waals surface area contributed by atoms with Crippen LogP contribution in [-0.2, 0) is 14.3 Å². The molecule has 1 heterocycles. The fraction of sp³-hybridized carbons (Fsp3) is 0.958.